The molecule has 0 radical (unpaired) electrons. The molecule has 0 bridgehead atoms. The number of amides is 1. The Morgan fingerprint density at radius 3 is 2.95 bits per heavy atom. The number of piperidine rings is 1. The lowest BCUT2D eigenvalue weighted by Crippen LogP contribution is -2.38. The summed E-state index contributed by atoms with van der Waals surface area (Å²) >= 11 is 0. The largest absolute Gasteiger partial charge is 0.371 e. The van der Waals surface area contributed by atoms with Crippen LogP contribution in [0.4, 0.5) is 5.69 Å². The third kappa shape index (κ3) is 3.63. The standard InChI is InChI=1S/C17H24N2O2/c20-17(13-21-12-14-7-9-18-10-8-14)19-11-3-5-15-4-1-2-6-16(15)19/h1-2,4,6,14,18H,3,5,7-13H2. The molecule has 0 atom stereocenters. The topological polar surface area (TPSA) is 41.6 Å². The summed E-state index contributed by atoms with van der Waals surface area (Å²) in [5, 5.41) is 3.35. The highest BCUT2D eigenvalue weighted by Crippen LogP contribution is 2.26. The fourth-order valence-electron chi connectivity index (χ4n) is 3.23. The van der Waals surface area contributed by atoms with Gasteiger partial charge in [0.25, 0.3) is 5.91 Å². The summed E-state index contributed by atoms with van der Waals surface area (Å²) in [7, 11) is 0. The molecule has 2 heterocycles. The van der Waals surface area contributed by atoms with Crippen LogP contribution in [0.3, 0.4) is 0 Å². The van der Waals surface area contributed by atoms with Crippen LogP contribution < -0.4 is 10.2 Å². The Labute approximate surface area is 126 Å². The minimum absolute atomic E-state index is 0.0936. The van der Waals surface area contributed by atoms with Gasteiger partial charge in [-0.25, -0.2) is 0 Å². The molecule has 1 saturated heterocycles. The van der Waals surface area contributed by atoms with Crippen LogP contribution in [0.5, 0.6) is 0 Å². The second kappa shape index (κ2) is 7.05. The fourth-order valence-corrected chi connectivity index (χ4v) is 3.23. The summed E-state index contributed by atoms with van der Waals surface area (Å²) in [6, 6.07) is 8.20. The van der Waals surface area contributed by atoms with Gasteiger partial charge in [-0.3, -0.25) is 4.79 Å². The Bertz CT molecular complexity index is 483. The van der Waals surface area contributed by atoms with E-state index in [0.29, 0.717) is 12.5 Å². The van der Waals surface area contributed by atoms with Gasteiger partial charge in [-0.15, -0.1) is 0 Å². The van der Waals surface area contributed by atoms with E-state index in [4.69, 9.17) is 4.74 Å². The highest BCUT2D eigenvalue weighted by Gasteiger charge is 2.22. The number of nitrogens with zero attached hydrogens (tertiary/aromatic N) is 1. The predicted octanol–water partition coefficient (Wildman–Crippen LogP) is 1.98. The van der Waals surface area contributed by atoms with Gasteiger partial charge in [0, 0.05) is 12.2 Å². The monoisotopic (exact) mass is 288 g/mol. The third-order valence-corrected chi connectivity index (χ3v) is 4.45. The Kier molecular flexibility index (Phi) is 4.88. The third-order valence-electron chi connectivity index (χ3n) is 4.45. The Balaban J connectivity index is 1.51. The molecule has 0 unspecified atom stereocenters. The van der Waals surface area contributed by atoms with Crippen molar-refractivity contribution < 1.29 is 9.53 Å². The molecule has 4 nitrogen and oxygen atoms in total. The van der Waals surface area contributed by atoms with Crippen molar-refractivity contribution in [1.29, 1.82) is 0 Å². The number of carbonyl (C=O) groups excluding carboxylic acids is 1. The predicted molar refractivity (Wildman–Crippen MR) is 83.5 cm³/mol. The maximum absolute atomic E-state index is 12.4. The number of benzene rings is 1. The molecule has 1 N–H and O–H groups in total. The highest BCUT2D eigenvalue weighted by atomic mass is 16.5. The van der Waals surface area contributed by atoms with Crippen LogP contribution in [-0.4, -0.2) is 38.8 Å². The lowest BCUT2D eigenvalue weighted by molar-refractivity contribution is -0.123. The zero-order chi connectivity index (χ0) is 14.5. The lowest BCUT2D eigenvalue weighted by atomic mass is 9.99. The Morgan fingerprint density at radius 1 is 1.29 bits per heavy atom. The number of para-hydroxylation sites is 1. The summed E-state index contributed by atoms with van der Waals surface area (Å²) < 4.78 is 5.68. The quantitative estimate of drug-likeness (QED) is 0.921. The van der Waals surface area contributed by atoms with E-state index < -0.39 is 0 Å². The second-order valence-electron chi connectivity index (χ2n) is 5.99. The molecule has 21 heavy (non-hydrogen) atoms. The molecule has 1 fully saturated rings. The first kappa shape index (κ1) is 14.5. The van der Waals surface area contributed by atoms with E-state index >= 15 is 0 Å². The summed E-state index contributed by atoms with van der Waals surface area (Å²) in [5.74, 6) is 0.698. The molecule has 2 aliphatic heterocycles. The number of ether oxygens (including phenoxy) is 1. The SMILES string of the molecule is O=C(COCC1CCNCC1)N1CCCc2ccccc21. The molecule has 0 saturated carbocycles. The van der Waals surface area contributed by atoms with Crippen LogP contribution in [0.25, 0.3) is 0 Å². The smallest absolute Gasteiger partial charge is 0.252 e. The van der Waals surface area contributed by atoms with Gasteiger partial charge in [-0.2, -0.15) is 0 Å². The Hall–Kier alpha value is -1.39. The molecule has 1 aromatic rings. The van der Waals surface area contributed by atoms with Gasteiger partial charge in [0.1, 0.15) is 6.61 Å². The van der Waals surface area contributed by atoms with E-state index in [2.05, 4.69) is 11.4 Å². The van der Waals surface area contributed by atoms with E-state index in [1.165, 1.54) is 5.56 Å². The maximum Gasteiger partial charge on any atom is 0.252 e. The van der Waals surface area contributed by atoms with E-state index in [1.807, 2.05) is 23.1 Å². The number of fused-ring (bicyclic) bond motifs is 1. The van der Waals surface area contributed by atoms with Crippen molar-refractivity contribution in [2.75, 3.05) is 37.7 Å². The van der Waals surface area contributed by atoms with Crippen molar-refractivity contribution in [3.05, 3.63) is 29.8 Å². The van der Waals surface area contributed by atoms with Crippen LogP contribution in [0.15, 0.2) is 24.3 Å². The van der Waals surface area contributed by atoms with Crippen LogP contribution in [0.2, 0.25) is 0 Å². The molecule has 4 heteroatoms. The van der Waals surface area contributed by atoms with Gasteiger partial charge < -0.3 is 15.0 Å². The summed E-state index contributed by atoms with van der Waals surface area (Å²) in [6.45, 7) is 3.87. The minimum atomic E-state index is 0.0936. The number of carbonyl (C=O) groups is 1. The van der Waals surface area contributed by atoms with Crippen molar-refractivity contribution >= 4 is 11.6 Å². The second-order valence-corrected chi connectivity index (χ2v) is 5.99. The molecule has 114 valence electrons. The maximum atomic E-state index is 12.4. The molecule has 0 aliphatic carbocycles. The number of aryl methyl sites for hydroxylation is 1. The van der Waals surface area contributed by atoms with Gasteiger partial charge in [-0.05, 0) is 56.3 Å². The molecule has 1 amide bonds. The first-order valence-electron chi connectivity index (χ1n) is 8.01. The van der Waals surface area contributed by atoms with Crippen LogP contribution >= 0.6 is 0 Å². The van der Waals surface area contributed by atoms with Gasteiger partial charge in [0.05, 0.1) is 6.61 Å². The van der Waals surface area contributed by atoms with Crippen LogP contribution in [0, 0.1) is 5.92 Å². The molecule has 2 aliphatic rings. The van der Waals surface area contributed by atoms with Crippen molar-refractivity contribution in [1.82, 2.24) is 5.32 Å². The zero-order valence-corrected chi connectivity index (χ0v) is 12.5. The average Bonchev–Trinajstić information content (AvgIpc) is 2.55. The van der Waals surface area contributed by atoms with Gasteiger partial charge in [0.15, 0.2) is 0 Å². The summed E-state index contributed by atoms with van der Waals surface area (Å²) in [6.07, 6.45) is 4.41. The van der Waals surface area contributed by atoms with Gasteiger partial charge >= 0.3 is 0 Å². The minimum Gasteiger partial charge on any atom is -0.371 e. The van der Waals surface area contributed by atoms with Crippen molar-refractivity contribution in [2.45, 2.75) is 25.7 Å². The van der Waals surface area contributed by atoms with Crippen molar-refractivity contribution in [3.63, 3.8) is 0 Å². The average molecular weight is 288 g/mol. The number of anilines is 1. The molecular formula is C17H24N2O2. The molecule has 0 spiro atoms. The summed E-state index contributed by atoms with van der Waals surface area (Å²) in [5.41, 5.74) is 2.34. The number of hydrogen-bond donors (Lipinski definition) is 1. The summed E-state index contributed by atoms with van der Waals surface area (Å²) in [4.78, 5) is 14.3. The Morgan fingerprint density at radius 2 is 2.10 bits per heavy atom. The van der Waals surface area contributed by atoms with E-state index in [0.717, 1.165) is 51.0 Å². The van der Waals surface area contributed by atoms with Gasteiger partial charge in [0.2, 0.25) is 0 Å². The van der Waals surface area contributed by atoms with E-state index in [1.54, 1.807) is 0 Å². The number of hydrogen-bond acceptors (Lipinski definition) is 3. The van der Waals surface area contributed by atoms with Crippen LogP contribution in [0.1, 0.15) is 24.8 Å². The first-order valence-corrected chi connectivity index (χ1v) is 8.01. The first-order chi connectivity index (χ1) is 10.3. The van der Waals surface area contributed by atoms with Gasteiger partial charge in [-0.1, -0.05) is 18.2 Å². The fraction of sp³-hybridized carbons (Fsp3) is 0.588. The van der Waals surface area contributed by atoms with E-state index in [-0.39, 0.29) is 12.5 Å². The molecule has 0 aromatic heterocycles. The van der Waals surface area contributed by atoms with Crippen molar-refractivity contribution in [2.24, 2.45) is 5.92 Å². The number of rotatable bonds is 4. The zero-order valence-electron chi connectivity index (χ0n) is 12.5. The van der Waals surface area contributed by atoms with Crippen LogP contribution in [-0.2, 0) is 16.0 Å². The molecular weight excluding hydrogens is 264 g/mol. The van der Waals surface area contributed by atoms with E-state index in [9.17, 15) is 4.79 Å². The highest BCUT2D eigenvalue weighted by molar-refractivity contribution is 5.95. The molecule has 1 aromatic carbocycles. The lowest BCUT2D eigenvalue weighted by Gasteiger charge is -2.29. The number of nitrogens with one attached hydrogen (secondary N) is 1. The van der Waals surface area contributed by atoms with Crippen molar-refractivity contribution in [3.8, 4) is 0 Å². The normalized spacial score (nSPS) is 19.3. The molecule has 3 rings (SSSR count).